The molecule has 2 aliphatic heterocycles. The van der Waals surface area contributed by atoms with Gasteiger partial charge in [0.05, 0.1) is 23.3 Å². The topological polar surface area (TPSA) is 115 Å². The van der Waals surface area contributed by atoms with Crippen molar-refractivity contribution < 1.29 is 19.0 Å². The second kappa shape index (κ2) is 11.0. The fraction of sp³-hybridized carbons (Fsp3) is 0.320. The molecule has 0 saturated carbocycles. The molecule has 1 aromatic heterocycles. The number of rotatable bonds is 8. The largest absolute Gasteiger partial charge is 0.472 e. The number of aromatic nitrogens is 2. The highest BCUT2D eigenvalue weighted by Gasteiger charge is 2.23. The Bertz CT molecular complexity index is 1220. The maximum atomic E-state index is 11.9. The van der Waals surface area contributed by atoms with Gasteiger partial charge in [0.15, 0.2) is 11.5 Å². The number of hydrogen-bond acceptors (Lipinski definition) is 10. The highest BCUT2D eigenvalue weighted by atomic mass is 32.2. The summed E-state index contributed by atoms with van der Waals surface area (Å²) < 4.78 is 17.3. The molecule has 1 fully saturated rings. The lowest BCUT2D eigenvalue weighted by atomic mass is 10.2. The van der Waals surface area contributed by atoms with Crippen molar-refractivity contribution in [1.29, 1.82) is 0 Å². The average Bonchev–Trinajstić information content (AvgIpc) is 3.38. The molecule has 0 unspecified atom stereocenters. The van der Waals surface area contributed by atoms with Gasteiger partial charge in [-0.2, -0.15) is 4.98 Å². The van der Waals surface area contributed by atoms with E-state index in [2.05, 4.69) is 27.1 Å². The number of nitrogens with one attached hydrogen (secondary N) is 1. The van der Waals surface area contributed by atoms with Crippen molar-refractivity contribution >= 4 is 29.3 Å². The summed E-state index contributed by atoms with van der Waals surface area (Å²) in [6.07, 6.45) is 1.79. The van der Waals surface area contributed by atoms with Crippen molar-refractivity contribution in [2.75, 3.05) is 56.8 Å². The monoisotopic (exact) mass is 508 g/mol. The number of ether oxygens (including phenoxy) is 3. The van der Waals surface area contributed by atoms with Gasteiger partial charge >= 0.3 is 0 Å². The van der Waals surface area contributed by atoms with Gasteiger partial charge in [-0.15, -0.1) is 0 Å². The molecule has 3 N–H and O–H groups in total. The maximum Gasteiger partial charge on any atom is 0.238 e. The van der Waals surface area contributed by atoms with Gasteiger partial charge < -0.3 is 35.1 Å². The summed E-state index contributed by atoms with van der Waals surface area (Å²) in [4.78, 5) is 27.4. The summed E-state index contributed by atoms with van der Waals surface area (Å²) in [5.41, 5.74) is 7.03. The van der Waals surface area contributed by atoms with Gasteiger partial charge in [-0.3, -0.25) is 4.79 Å². The molecule has 11 heteroatoms. The fourth-order valence-corrected chi connectivity index (χ4v) is 4.76. The van der Waals surface area contributed by atoms with Gasteiger partial charge in [0.2, 0.25) is 24.5 Å². The Kier molecular flexibility index (Phi) is 7.40. The van der Waals surface area contributed by atoms with Crippen LogP contribution in [-0.2, 0) is 11.4 Å². The van der Waals surface area contributed by atoms with Crippen LogP contribution in [0.2, 0.25) is 0 Å². The van der Waals surface area contributed by atoms with E-state index in [1.165, 1.54) is 11.8 Å². The molecule has 2 aliphatic rings. The highest BCUT2D eigenvalue weighted by Crippen LogP contribution is 2.45. The molecule has 0 atom stereocenters. The van der Waals surface area contributed by atoms with Crippen LogP contribution in [-0.4, -0.2) is 67.3 Å². The number of nitrogens with zero attached hydrogens (tertiary/aromatic N) is 4. The van der Waals surface area contributed by atoms with Gasteiger partial charge in [-0.25, -0.2) is 4.98 Å². The van der Waals surface area contributed by atoms with Crippen molar-refractivity contribution in [3.05, 3.63) is 54.2 Å². The van der Waals surface area contributed by atoms with E-state index in [-0.39, 0.29) is 19.2 Å². The van der Waals surface area contributed by atoms with Crippen LogP contribution in [0.4, 0.5) is 11.6 Å². The molecule has 1 amide bonds. The molecule has 1 saturated heterocycles. The molecule has 10 nitrogen and oxygen atoms in total. The van der Waals surface area contributed by atoms with Gasteiger partial charge in [0, 0.05) is 31.1 Å². The lowest BCUT2D eigenvalue weighted by Gasteiger charge is -2.32. The van der Waals surface area contributed by atoms with Crippen LogP contribution in [0.1, 0.15) is 5.56 Å². The molecule has 188 valence electrons. The van der Waals surface area contributed by atoms with Crippen LogP contribution >= 0.6 is 11.8 Å². The number of carbonyl (C=O) groups excluding carboxylic acids is 1. The second-order valence-electron chi connectivity index (χ2n) is 8.46. The number of anilines is 2. The van der Waals surface area contributed by atoms with Gasteiger partial charge in [0.1, 0.15) is 6.61 Å². The van der Waals surface area contributed by atoms with Crippen LogP contribution in [0.5, 0.6) is 17.4 Å². The number of likely N-dealkylation sites (N-methyl/N-ethyl adjacent to an activating group) is 1. The number of amides is 1. The molecule has 0 spiro atoms. The molecule has 3 heterocycles. The standard InChI is InChI=1S/C25H28N6O4S/c1-30-7-9-31(10-8-30)25-27-14-21(24(29-25)33-15-17-5-3-2-4-6-17)36-18-11-19(28-22(32)13-26)23-20(12-18)34-16-35-23/h2-6,11-12,14H,7-10,13,15-16,26H2,1H3,(H,28,32). The van der Waals surface area contributed by atoms with Crippen LogP contribution in [0.3, 0.4) is 0 Å². The Hall–Kier alpha value is -3.54. The first-order valence-corrected chi connectivity index (χ1v) is 12.5. The fourth-order valence-electron chi connectivity index (χ4n) is 3.87. The first kappa shape index (κ1) is 24.2. The van der Waals surface area contributed by atoms with Crippen molar-refractivity contribution in [3.63, 3.8) is 0 Å². The molecule has 3 aromatic rings. The zero-order valence-electron chi connectivity index (χ0n) is 20.0. The smallest absolute Gasteiger partial charge is 0.238 e. The molecule has 36 heavy (non-hydrogen) atoms. The minimum atomic E-state index is -0.318. The minimum absolute atomic E-state index is 0.0865. The number of carbonyl (C=O) groups is 1. The van der Waals surface area contributed by atoms with Gasteiger partial charge in [-0.1, -0.05) is 42.1 Å². The Labute approximate surface area is 213 Å². The summed E-state index contributed by atoms with van der Waals surface area (Å²) in [6, 6.07) is 13.6. The van der Waals surface area contributed by atoms with Gasteiger partial charge in [0.25, 0.3) is 0 Å². The Morgan fingerprint density at radius 3 is 2.75 bits per heavy atom. The summed E-state index contributed by atoms with van der Waals surface area (Å²) in [5, 5.41) is 2.78. The number of nitrogens with two attached hydrogens (primary N) is 1. The third kappa shape index (κ3) is 5.64. The van der Waals surface area contributed by atoms with E-state index in [4.69, 9.17) is 24.9 Å². The SMILES string of the molecule is CN1CCN(c2ncc(Sc3cc(NC(=O)CN)c4c(c3)OCO4)c(OCc3ccccc3)n2)CC1. The molecule has 2 aromatic carbocycles. The van der Waals surface area contributed by atoms with Crippen molar-refractivity contribution in [3.8, 4) is 17.4 Å². The first-order valence-electron chi connectivity index (χ1n) is 11.7. The summed E-state index contributed by atoms with van der Waals surface area (Å²) in [7, 11) is 2.11. The number of benzene rings is 2. The summed E-state index contributed by atoms with van der Waals surface area (Å²) >= 11 is 1.43. The third-order valence-corrected chi connectivity index (χ3v) is 6.82. The maximum absolute atomic E-state index is 11.9. The molecular weight excluding hydrogens is 480 g/mol. The second-order valence-corrected chi connectivity index (χ2v) is 9.58. The average molecular weight is 509 g/mol. The van der Waals surface area contributed by atoms with E-state index >= 15 is 0 Å². The summed E-state index contributed by atoms with van der Waals surface area (Å²) in [6.45, 7) is 3.95. The van der Waals surface area contributed by atoms with E-state index in [0.717, 1.165) is 41.5 Å². The molecule has 0 bridgehead atoms. The molecule has 5 rings (SSSR count). The number of piperazine rings is 1. The number of hydrogen-bond donors (Lipinski definition) is 2. The van der Waals surface area contributed by atoms with E-state index in [1.807, 2.05) is 42.5 Å². The van der Waals surface area contributed by atoms with Crippen LogP contribution < -0.4 is 30.2 Å². The zero-order chi connectivity index (χ0) is 24.9. The number of fused-ring (bicyclic) bond motifs is 1. The van der Waals surface area contributed by atoms with Crippen LogP contribution in [0.25, 0.3) is 0 Å². The van der Waals surface area contributed by atoms with Crippen LogP contribution in [0, 0.1) is 0 Å². The van der Waals surface area contributed by atoms with E-state index in [9.17, 15) is 4.79 Å². The minimum Gasteiger partial charge on any atom is -0.472 e. The van der Waals surface area contributed by atoms with Gasteiger partial charge in [-0.05, 0) is 24.7 Å². The van der Waals surface area contributed by atoms with E-state index in [0.29, 0.717) is 35.6 Å². The predicted octanol–water partition coefficient (Wildman–Crippen LogP) is 2.58. The zero-order valence-corrected chi connectivity index (χ0v) is 20.8. The molecular formula is C25H28N6O4S. The first-order chi connectivity index (χ1) is 17.6. The van der Waals surface area contributed by atoms with Crippen molar-refractivity contribution in [1.82, 2.24) is 14.9 Å². The molecule has 0 aliphatic carbocycles. The van der Waals surface area contributed by atoms with Crippen molar-refractivity contribution in [2.45, 2.75) is 16.4 Å². The van der Waals surface area contributed by atoms with E-state index < -0.39 is 0 Å². The lowest BCUT2D eigenvalue weighted by molar-refractivity contribution is -0.114. The Morgan fingerprint density at radius 1 is 1.17 bits per heavy atom. The predicted molar refractivity (Wildman–Crippen MR) is 137 cm³/mol. The third-order valence-electron chi connectivity index (χ3n) is 5.85. The normalized spacial score (nSPS) is 15.1. The molecule has 0 radical (unpaired) electrons. The quantitative estimate of drug-likeness (QED) is 0.470. The Balaban J connectivity index is 1.43. The lowest BCUT2D eigenvalue weighted by Crippen LogP contribution is -2.45. The highest BCUT2D eigenvalue weighted by molar-refractivity contribution is 7.99. The van der Waals surface area contributed by atoms with Crippen molar-refractivity contribution in [2.24, 2.45) is 5.73 Å². The van der Waals surface area contributed by atoms with E-state index in [1.54, 1.807) is 6.20 Å². The summed E-state index contributed by atoms with van der Waals surface area (Å²) in [5.74, 6) is 1.87. The van der Waals surface area contributed by atoms with Crippen LogP contribution in [0.15, 0.2) is 58.5 Å². The Morgan fingerprint density at radius 2 is 1.97 bits per heavy atom.